The van der Waals surface area contributed by atoms with E-state index < -0.39 is 5.97 Å². The Balaban J connectivity index is 0.00000220. The molecule has 2 rings (SSSR count). The standard InChI is InChI=1S/C15H15N3O2.Na/c1-18(2)12-9-7-11(8-10-12)16-17-14-6-4-3-5-13(14)15(19)20;/h3-10H,1-2H3,(H,19,20);/q;+1/p-1. The van der Waals surface area contributed by atoms with Crippen molar-refractivity contribution in [2.24, 2.45) is 10.2 Å². The first-order valence-corrected chi connectivity index (χ1v) is 6.07. The summed E-state index contributed by atoms with van der Waals surface area (Å²) in [6.07, 6.45) is 0. The Kier molecular flexibility index (Phi) is 6.55. The Labute approximate surface area is 145 Å². The SMILES string of the molecule is CN(C)c1ccc(N=Nc2ccccc2C(=O)[O-])cc1.[Na+]. The van der Waals surface area contributed by atoms with Crippen LogP contribution in [0.3, 0.4) is 0 Å². The molecule has 0 aromatic heterocycles. The maximum Gasteiger partial charge on any atom is 1.00 e. The van der Waals surface area contributed by atoms with Gasteiger partial charge in [-0.15, -0.1) is 5.11 Å². The Hall–Kier alpha value is -1.69. The van der Waals surface area contributed by atoms with Crippen LogP contribution >= 0.6 is 0 Å². The Morgan fingerprint density at radius 3 is 2.19 bits per heavy atom. The van der Waals surface area contributed by atoms with Gasteiger partial charge in [0.15, 0.2) is 0 Å². The van der Waals surface area contributed by atoms with E-state index in [1.165, 1.54) is 6.07 Å². The number of anilines is 1. The van der Waals surface area contributed by atoms with Crippen molar-refractivity contribution in [1.82, 2.24) is 0 Å². The van der Waals surface area contributed by atoms with Gasteiger partial charge in [0.25, 0.3) is 0 Å². The number of nitrogens with zero attached hydrogens (tertiary/aromatic N) is 3. The van der Waals surface area contributed by atoms with Crippen LogP contribution in [0.5, 0.6) is 0 Å². The molecule has 0 heterocycles. The third-order valence-electron chi connectivity index (χ3n) is 2.76. The number of carboxylic acid groups (broad SMARTS) is 1. The largest absolute Gasteiger partial charge is 1.00 e. The average Bonchev–Trinajstić information content (AvgIpc) is 2.45. The van der Waals surface area contributed by atoms with Gasteiger partial charge in [0, 0.05) is 25.3 Å². The van der Waals surface area contributed by atoms with Crippen LogP contribution in [0.15, 0.2) is 58.8 Å². The molecule has 0 N–H and O–H groups in total. The first-order chi connectivity index (χ1) is 9.58. The topological polar surface area (TPSA) is 68.1 Å². The van der Waals surface area contributed by atoms with Gasteiger partial charge < -0.3 is 14.8 Å². The van der Waals surface area contributed by atoms with Crippen LogP contribution in [-0.2, 0) is 0 Å². The van der Waals surface area contributed by atoms with Gasteiger partial charge in [0.2, 0.25) is 0 Å². The third-order valence-corrected chi connectivity index (χ3v) is 2.76. The second-order valence-corrected chi connectivity index (χ2v) is 4.42. The minimum atomic E-state index is -1.26. The van der Waals surface area contributed by atoms with Gasteiger partial charge in [-0.05, 0) is 30.3 Å². The molecule has 21 heavy (non-hydrogen) atoms. The quantitative estimate of drug-likeness (QED) is 0.565. The zero-order valence-electron chi connectivity index (χ0n) is 12.3. The minimum absolute atomic E-state index is 0. The summed E-state index contributed by atoms with van der Waals surface area (Å²) >= 11 is 0. The summed E-state index contributed by atoms with van der Waals surface area (Å²) in [6.45, 7) is 0. The normalized spacial score (nSPS) is 10.2. The maximum atomic E-state index is 10.9. The molecule has 0 aliphatic carbocycles. The van der Waals surface area contributed by atoms with E-state index in [2.05, 4.69) is 10.2 Å². The van der Waals surface area contributed by atoms with Crippen molar-refractivity contribution in [3.05, 3.63) is 54.1 Å². The Morgan fingerprint density at radius 2 is 1.62 bits per heavy atom. The third kappa shape index (κ3) is 4.67. The molecule has 102 valence electrons. The van der Waals surface area contributed by atoms with Gasteiger partial charge in [0.05, 0.1) is 17.3 Å². The van der Waals surface area contributed by atoms with Gasteiger partial charge >= 0.3 is 29.6 Å². The first kappa shape index (κ1) is 17.4. The van der Waals surface area contributed by atoms with Gasteiger partial charge in [-0.1, -0.05) is 18.2 Å². The maximum absolute atomic E-state index is 10.9. The Bertz CT molecular complexity index is 640. The number of azo groups is 1. The summed E-state index contributed by atoms with van der Waals surface area (Å²) < 4.78 is 0. The van der Waals surface area contributed by atoms with E-state index in [1.54, 1.807) is 18.2 Å². The molecule has 5 nitrogen and oxygen atoms in total. The molecule has 6 heteroatoms. The molecule has 0 atom stereocenters. The molecule has 2 aromatic carbocycles. The molecular formula is C15H14N3NaO2. The van der Waals surface area contributed by atoms with Crippen LogP contribution in [0.25, 0.3) is 0 Å². The molecule has 0 bridgehead atoms. The van der Waals surface area contributed by atoms with Crippen LogP contribution in [0.4, 0.5) is 17.1 Å². The molecule has 0 saturated carbocycles. The second-order valence-electron chi connectivity index (χ2n) is 4.42. The number of carbonyl (C=O) groups is 1. The number of hydrogen-bond acceptors (Lipinski definition) is 5. The molecule has 0 aliphatic heterocycles. The predicted octanol–water partition coefficient (Wildman–Crippen LogP) is -0.465. The minimum Gasteiger partial charge on any atom is -0.545 e. The van der Waals surface area contributed by atoms with Gasteiger partial charge in [0.1, 0.15) is 0 Å². The van der Waals surface area contributed by atoms with Crippen LogP contribution in [0, 0.1) is 0 Å². The van der Waals surface area contributed by atoms with E-state index in [1.807, 2.05) is 43.3 Å². The van der Waals surface area contributed by atoms with Gasteiger partial charge in [-0.2, -0.15) is 5.11 Å². The molecule has 0 fully saturated rings. The molecule has 0 amide bonds. The number of carbonyl (C=O) groups excluding carboxylic acids is 1. The van der Waals surface area contributed by atoms with Crippen LogP contribution in [0.1, 0.15) is 10.4 Å². The van der Waals surface area contributed by atoms with Crippen molar-refractivity contribution in [3.63, 3.8) is 0 Å². The summed E-state index contributed by atoms with van der Waals surface area (Å²) in [6, 6.07) is 13.8. The van der Waals surface area contributed by atoms with Crippen molar-refractivity contribution in [1.29, 1.82) is 0 Å². The van der Waals surface area contributed by atoms with Crippen molar-refractivity contribution in [2.45, 2.75) is 0 Å². The summed E-state index contributed by atoms with van der Waals surface area (Å²) in [5.74, 6) is -1.26. The number of carboxylic acids is 1. The molecule has 0 saturated heterocycles. The van der Waals surface area contributed by atoms with Crippen LogP contribution in [-0.4, -0.2) is 20.1 Å². The van der Waals surface area contributed by atoms with Crippen molar-refractivity contribution in [3.8, 4) is 0 Å². The summed E-state index contributed by atoms with van der Waals surface area (Å²) in [5, 5.41) is 18.9. The number of benzene rings is 2. The Morgan fingerprint density at radius 1 is 1.00 bits per heavy atom. The molecule has 0 spiro atoms. The van der Waals surface area contributed by atoms with E-state index in [9.17, 15) is 9.90 Å². The van der Waals surface area contributed by atoms with E-state index in [-0.39, 0.29) is 40.8 Å². The van der Waals surface area contributed by atoms with E-state index in [0.717, 1.165) is 5.69 Å². The average molecular weight is 291 g/mol. The molecule has 2 aromatic rings. The van der Waals surface area contributed by atoms with E-state index in [4.69, 9.17) is 0 Å². The van der Waals surface area contributed by atoms with Crippen LogP contribution in [0.2, 0.25) is 0 Å². The molecular weight excluding hydrogens is 277 g/mol. The van der Waals surface area contributed by atoms with Gasteiger partial charge in [-0.3, -0.25) is 0 Å². The number of rotatable bonds is 4. The van der Waals surface area contributed by atoms with Gasteiger partial charge in [-0.25, -0.2) is 0 Å². The van der Waals surface area contributed by atoms with Crippen LogP contribution < -0.4 is 39.6 Å². The van der Waals surface area contributed by atoms with E-state index >= 15 is 0 Å². The van der Waals surface area contributed by atoms with Crippen molar-refractivity contribution < 1.29 is 39.5 Å². The number of aromatic carboxylic acids is 1. The predicted molar refractivity (Wildman–Crippen MR) is 75.7 cm³/mol. The monoisotopic (exact) mass is 291 g/mol. The fourth-order valence-electron chi connectivity index (χ4n) is 1.66. The fraction of sp³-hybridized carbons (Fsp3) is 0.133. The second kappa shape index (κ2) is 7.93. The fourth-order valence-corrected chi connectivity index (χ4v) is 1.66. The zero-order chi connectivity index (χ0) is 14.5. The molecule has 0 aliphatic rings. The number of hydrogen-bond donors (Lipinski definition) is 0. The zero-order valence-corrected chi connectivity index (χ0v) is 14.3. The van der Waals surface area contributed by atoms with Crippen molar-refractivity contribution in [2.75, 3.05) is 19.0 Å². The molecule has 0 unspecified atom stereocenters. The summed E-state index contributed by atoms with van der Waals surface area (Å²) in [7, 11) is 3.90. The summed E-state index contributed by atoms with van der Waals surface area (Å²) in [4.78, 5) is 12.9. The summed E-state index contributed by atoms with van der Waals surface area (Å²) in [5.41, 5.74) is 2.02. The smallest absolute Gasteiger partial charge is 0.545 e. The van der Waals surface area contributed by atoms with Crippen molar-refractivity contribution >= 4 is 23.0 Å². The first-order valence-electron chi connectivity index (χ1n) is 6.07. The molecule has 0 radical (unpaired) electrons. The van der Waals surface area contributed by atoms with E-state index in [0.29, 0.717) is 5.69 Å².